The number of nitrogens with zero attached hydrogens (tertiary/aromatic N) is 5. The van der Waals surface area contributed by atoms with E-state index in [1.54, 1.807) is 19.9 Å². The predicted molar refractivity (Wildman–Crippen MR) is 115 cm³/mol. The zero-order chi connectivity index (χ0) is 21.3. The second-order valence-electron chi connectivity index (χ2n) is 8.22. The first-order valence-electron chi connectivity index (χ1n) is 9.98. The molecule has 4 rings (SSSR count). The van der Waals surface area contributed by atoms with Gasteiger partial charge in [0.15, 0.2) is 0 Å². The Bertz CT molecular complexity index is 1020. The molecule has 158 valence electrons. The Kier molecular flexibility index (Phi) is 5.66. The van der Waals surface area contributed by atoms with Crippen molar-refractivity contribution in [1.29, 1.82) is 0 Å². The largest absolute Gasteiger partial charge is 0.477 e. The molecule has 8 nitrogen and oxygen atoms in total. The average Bonchev–Trinajstić information content (AvgIpc) is 3.36. The number of aromatic nitrogens is 5. The second-order valence-corrected chi connectivity index (χ2v) is 9.48. The van der Waals surface area contributed by atoms with Crippen LogP contribution in [0.1, 0.15) is 53.2 Å². The highest BCUT2D eigenvalue weighted by atomic mass is 32.1. The van der Waals surface area contributed by atoms with Crippen molar-refractivity contribution in [1.82, 2.24) is 25.1 Å². The van der Waals surface area contributed by atoms with Crippen LogP contribution in [-0.2, 0) is 12.1 Å². The van der Waals surface area contributed by atoms with Crippen molar-refractivity contribution in [3.63, 3.8) is 0 Å². The van der Waals surface area contributed by atoms with Crippen molar-refractivity contribution in [2.75, 3.05) is 11.9 Å². The fourth-order valence-corrected chi connectivity index (χ4v) is 3.79. The summed E-state index contributed by atoms with van der Waals surface area (Å²) in [5.41, 5.74) is 1.67. The summed E-state index contributed by atoms with van der Waals surface area (Å²) in [7, 11) is 0. The summed E-state index contributed by atoms with van der Waals surface area (Å²) in [6.07, 6.45) is 2.96. The van der Waals surface area contributed by atoms with E-state index in [0.717, 1.165) is 27.7 Å². The lowest BCUT2D eigenvalue weighted by atomic mass is 10.1. The minimum atomic E-state index is -1.11. The van der Waals surface area contributed by atoms with Gasteiger partial charge in [0.05, 0.1) is 18.8 Å². The van der Waals surface area contributed by atoms with Crippen molar-refractivity contribution >= 4 is 17.3 Å². The van der Waals surface area contributed by atoms with E-state index < -0.39 is 5.60 Å². The first kappa shape index (κ1) is 20.6. The lowest BCUT2D eigenvalue weighted by molar-refractivity contribution is 0.0733. The average molecular weight is 427 g/mol. The Hall–Kier alpha value is -2.65. The Balaban J connectivity index is 1.42. The molecule has 1 fully saturated rings. The molecule has 30 heavy (non-hydrogen) atoms. The molecule has 9 heteroatoms. The maximum atomic E-state index is 10.4. The van der Waals surface area contributed by atoms with E-state index in [-0.39, 0.29) is 0 Å². The number of nitrogens with one attached hydrogen (secondary N) is 1. The number of aliphatic hydroxyl groups is 1. The molecule has 0 aliphatic heterocycles. The van der Waals surface area contributed by atoms with Crippen molar-refractivity contribution in [2.45, 2.75) is 52.2 Å². The third-order valence-electron chi connectivity index (χ3n) is 4.98. The third kappa shape index (κ3) is 5.09. The number of ether oxygens (including phenoxy) is 1. The van der Waals surface area contributed by atoms with Crippen LogP contribution in [0.4, 0.5) is 5.95 Å². The van der Waals surface area contributed by atoms with Crippen LogP contribution < -0.4 is 10.1 Å². The maximum absolute atomic E-state index is 10.4. The SMILES string of the molecule is Cc1ccc(C2CC2COc2cc(C(C)(C)O)nc(NCc3nnc(C)s3)n2)nc1. The van der Waals surface area contributed by atoms with Crippen LogP contribution >= 0.6 is 11.3 Å². The summed E-state index contributed by atoms with van der Waals surface area (Å²) >= 11 is 1.52. The van der Waals surface area contributed by atoms with Gasteiger partial charge in [-0.25, -0.2) is 4.98 Å². The molecule has 2 atom stereocenters. The molecule has 0 bridgehead atoms. The predicted octanol–water partition coefficient (Wildman–Crippen LogP) is 3.36. The molecule has 2 unspecified atom stereocenters. The van der Waals surface area contributed by atoms with Gasteiger partial charge < -0.3 is 15.2 Å². The van der Waals surface area contributed by atoms with Gasteiger partial charge in [0.2, 0.25) is 11.8 Å². The van der Waals surface area contributed by atoms with Crippen LogP contribution in [-0.4, -0.2) is 36.9 Å². The van der Waals surface area contributed by atoms with Crippen molar-refractivity contribution < 1.29 is 9.84 Å². The standard InChI is InChI=1S/C21H26N6O2S/c1-12-5-6-16(22-9-12)15-7-14(15)11-29-18-8-17(21(3,4)28)24-20(25-18)23-10-19-27-26-13(2)30-19/h5-6,8-9,14-15,28H,7,10-11H2,1-4H3,(H,23,24,25). The van der Waals surface area contributed by atoms with E-state index >= 15 is 0 Å². The highest BCUT2D eigenvalue weighted by Crippen LogP contribution is 2.46. The Morgan fingerprint density at radius 3 is 2.73 bits per heavy atom. The van der Waals surface area contributed by atoms with Crippen molar-refractivity contribution in [2.24, 2.45) is 5.92 Å². The van der Waals surface area contributed by atoms with E-state index in [1.165, 1.54) is 11.3 Å². The zero-order valence-corrected chi connectivity index (χ0v) is 18.4. The molecule has 0 amide bonds. The van der Waals surface area contributed by atoms with Crippen LogP contribution in [0, 0.1) is 19.8 Å². The highest BCUT2D eigenvalue weighted by molar-refractivity contribution is 7.11. The van der Waals surface area contributed by atoms with Gasteiger partial charge in [0.1, 0.15) is 15.6 Å². The number of hydrogen-bond acceptors (Lipinski definition) is 9. The van der Waals surface area contributed by atoms with Gasteiger partial charge in [-0.05, 0) is 45.7 Å². The quantitative estimate of drug-likeness (QED) is 0.565. The second kappa shape index (κ2) is 8.23. The number of hydrogen-bond donors (Lipinski definition) is 2. The zero-order valence-electron chi connectivity index (χ0n) is 17.6. The summed E-state index contributed by atoms with van der Waals surface area (Å²) in [6.45, 7) is 8.35. The van der Waals surface area contributed by atoms with Crippen LogP contribution in [0.25, 0.3) is 0 Å². The molecule has 0 saturated heterocycles. The molecule has 3 heterocycles. The minimum Gasteiger partial charge on any atom is -0.477 e. The van der Waals surface area contributed by atoms with Crippen molar-refractivity contribution in [3.05, 3.63) is 51.4 Å². The smallest absolute Gasteiger partial charge is 0.226 e. The fourth-order valence-electron chi connectivity index (χ4n) is 3.14. The van der Waals surface area contributed by atoms with Gasteiger partial charge in [-0.1, -0.05) is 17.4 Å². The van der Waals surface area contributed by atoms with E-state index in [1.807, 2.05) is 20.0 Å². The van der Waals surface area contributed by atoms with Gasteiger partial charge in [-0.2, -0.15) is 4.98 Å². The van der Waals surface area contributed by atoms with Gasteiger partial charge in [-0.15, -0.1) is 10.2 Å². The van der Waals surface area contributed by atoms with Crippen LogP contribution in [0.2, 0.25) is 0 Å². The summed E-state index contributed by atoms with van der Waals surface area (Å²) in [5.74, 6) is 1.69. The molecule has 0 spiro atoms. The molecule has 0 aromatic carbocycles. The third-order valence-corrected chi connectivity index (χ3v) is 5.82. The topological polar surface area (TPSA) is 106 Å². The number of pyridine rings is 1. The summed E-state index contributed by atoms with van der Waals surface area (Å²) in [5, 5.41) is 23.4. The number of aryl methyl sites for hydroxylation is 2. The van der Waals surface area contributed by atoms with Crippen LogP contribution in [0.5, 0.6) is 5.88 Å². The molecule has 1 saturated carbocycles. The Morgan fingerprint density at radius 2 is 2.07 bits per heavy atom. The summed E-state index contributed by atoms with van der Waals surface area (Å²) < 4.78 is 5.98. The lowest BCUT2D eigenvalue weighted by Gasteiger charge is -2.18. The van der Waals surface area contributed by atoms with Gasteiger partial charge in [-0.3, -0.25) is 4.98 Å². The molecular weight excluding hydrogens is 400 g/mol. The van der Waals surface area contributed by atoms with Crippen molar-refractivity contribution in [3.8, 4) is 5.88 Å². The maximum Gasteiger partial charge on any atom is 0.226 e. The Morgan fingerprint density at radius 1 is 1.23 bits per heavy atom. The van der Waals surface area contributed by atoms with E-state index in [9.17, 15) is 5.11 Å². The first-order chi connectivity index (χ1) is 14.3. The molecule has 1 aliphatic carbocycles. The molecule has 1 aliphatic rings. The van der Waals surface area contributed by atoms with Crippen LogP contribution in [0.15, 0.2) is 24.4 Å². The van der Waals surface area contributed by atoms with Gasteiger partial charge >= 0.3 is 0 Å². The first-order valence-corrected chi connectivity index (χ1v) is 10.8. The lowest BCUT2D eigenvalue weighted by Crippen LogP contribution is -2.19. The number of rotatable bonds is 8. The fraction of sp³-hybridized carbons (Fsp3) is 0.476. The minimum absolute atomic E-state index is 0.394. The molecule has 0 radical (unpaired) electrons. The monoisotopic (exact) mass is 426 g/mol. The number of anilines is 1. The highest BCUT2D eigenvalue weighted by Gasteiger charge is 2.40. The summed E-state index contributed by atoms with van der Waals surface area (Å²) in [6, 6.07) is 5.88. The van der Waals surface area contributed by atoms with E-state index in [2.05, 4.69) is 42.6 Å². The van der Waals surface area contributed by atoms with E-state index in [0.29, 0.717) is 42.5 Å². The van der Waals surface area contributed by atoms with Gasteiger partial charge in [0.25, 0.3) is 0 Å². The van der Waals surface area contributed by atoms with Gasteiger partial charge in [0, 0.05) is 29.8 Å². The normalized spacial score (nSPS) is 18.3. The summed E-state index contributed by atoms with van der Waals surface area (Å²) in [4.78, 5) is 13.4. The Labute approximate surface area is 179 Å². The molecule has 3 aromatic rings. The molecular formula is C21H26N6O2S. The molecule has 2 N–H and O–H groups in total. The van der Waals surface area contributed by atoms with E-state index in [4.69, 9.17) is 4.74 Å². The van der Waals surface area contributed by atoms with Crippen LogP contribution in [0.3, 0.4) is 0 Å². The molecule has 3 aromatic heterocycles.